The summed E-state index contributed by atoms with van der Waals surface area (Å²) in [4.78, 5) is 35.4. The maximum absolute atomic E-state index is 13.7. The molecule has 0 fully saturated rings. The molecule has 1 aromatic rings. The summed E-state index contributed by atoms with van der Waals surface area (Å²) >= 11 is 0. The quantitative estimate of drug-likeness (QED) is 0.802. The topological polar surface area (TPSA) is 75.7 Å². The van der Waals surface area contributed by atoms with Crippen molar-refractivity contribution < 1.29 is 23.5 Å². The summed E-state index contributed by atoms with van der Waals surface area (Å²) in [5, 5.41) is 2.05. The number of carbonyl (C=O) groups is 3. The molecule has 0 saturated heterocycles. The maximum Gasteiger partial charge on any atom is 0.254 e. The molecule has 1 heterocycles. The standard InChI is InChI=1S/C15H17FN2O4/c1-9(3-6-13(20)17-8-19)18-7-11-10(15(18)21)4-5-12(16)14(11)22-2/h4-5,8-9H,3,6-7H2,1-2H3,(H,17,19,20). The molecule has 0 aliphatic carbocycles. The van der Waals surface area contributed by atoms with E-state index in [9.17, 15) is 18.8 Å². The fourth-order valence-electron chi connectivity index (χ4n) is 2.56. The van der Waals surface area contributed by atoms with Gasteiger partial charge in [-0.3, -0.25) is 19.7 Å². The molecule has 0 spiro atoms. The molecule has 7 heteroatoms. The van der Waals surface area contributed by atoms with E-state index < -0.39 is 11.7 Å². The van der Waals surface area contributed by atoms with Gasteiger partial charge in [-0.1, -0.05) is 0 Å². The van der Waals surface area contributed by atoms with Gasteiger partial charge in [-0.05, 0) is 25.5 Å². The number of hydrogen-bond acceptors (Lipinski definition) is 4. The number of rotatable bonds is 6. The van der Waals surface area contributed by atoms with Crippen LogP contribution < -0.4 is 10.1 Å². The molecule has 1 aliphatic heterocycles. The lowest BCUT2D eigenvalue weighted by Crippen LogP contribution is -2.34. The average Bonchev–Trinajstić information content (AvgIpc) is 2.82. The van der Waals surface area contributed by atoms with Crippen molar-refractivity contribution in [1.29, 1.82) is 0 Å². The Balaban J connectivity index is 2.11. The van der Waals surface area contributed by atoms with Crippen LogP contribution in [-0.2, 0) is 16.1 Å². The summed E-state index contributed by atoms with van der Waals surface area (Å²) in [6, 6.07) is 2.44. The zero-order valence-corrected chi connectivity index (χ0v) is 12.4. The number of methoxy groups -OCH3 is 1. The van der Waals surface area contributed by atoms with E-state index in [4.69, 9.17) is 4.74 Å². The minimum atomic E-state index is -0.506. The first-order chi connectivity index (χ1) is 10.5. The first-order valence-corrected chi connectivity index (χ1v) is 6.89. The maximum atomic E-state index is 13.7. The monoisotopic (exact) mass is 308 g/mol. The van der Waals surface area contributed by atoms with E-state index in [0.717, 1.165) is 0 Å². The van der Waals surface area contributed by atoms with E-state index in [1.807, 2.05) is 0 Å². The Morgan fingerprint density at radius 3 is 2.91 bits per heavy atom. The van der Waals surface area contributed by atoms with Crippen molar-refractivity contribution in [3.05, 3.63) is 29.1 Å². The number of ether oxygens (including phenoxy) is 1. The minimum absolute atomic E-state index is 0.0826. The molecule has 0 aromatic heterocycles. The van der Waals surface area contributed by atoms with Crippen LogP contribution in [-0.4, -0.2) is 36.3 Å². The van der Waals surface area contributed by atoms with Gasteiger partial charge in [0.2, 0.25) is 12.3 Å². The number of hydrogen-bond donors (Lipinski definition) is 1. The second-order valence-corrected chi connectivity index (χ2v) is 5.11. The molecule has 0 radical (unpaired) electrons. The third-order valence-corrected chi connectivity index (χ3v) is 3.78. The number of halogens is 1. The minimum Gasteiger partial charge on any atom is -0.493 e. The van der Waals surface area contributed by atoms with Gasteiger partial charge in [0.1, 0.15) is 0 Å². The highest BCUT2D eigenvalue weighted by Gasteiger charge is 2.34. The van der Waals surface area contributed by atoms with Gasteiger partial charge in [-0.15, -0.1) is 0 Å². The van der Waals surface area contributed by atoms with E-state index >= 15 is 0 Å². The number of nitrogens with zero attached hydrogens (tertiary/aromatic N) is 1. The summed E-state index contributed by atoms with van der Waals surface area (Å²) in [7, 11) is 1.36. The molecule has 1 N–H and O–H groups in total. The highest BCUT2D eigenvalue weighted by atomic mass is 19.1. The molecule has 22 heavy (non-hydrogen) atoms. The van der Waals surface area contributed by atoms with E-state index in [2.05, 4.69) is 5.32 Å². The molecule has 0 bridgehead atoms. The Morgan fingerprint density at radius 1 is 1.55 bits per heavy atom. The number of imide groups is 1. The van der Waals surface area contributed by atoms with Crippen LogP contribution in [0.1, 0.15) is 35.7 Å². The Hall–Kier alpha value is -2.44. The van der Waals surface area contributed by atoms with Gasteiger partial charge in [0.05, 0.1) is 13.7 Å². The molecule has 0 saturated carbocycles. The summed E-state index contributed by atoms with van der Waals surface area (Å²) in [5.41, 5.74) is 0.944. The summed E-state index contributed by atoms with van der Waals surface area (Å²) in [6.07, 6.45) is 0.868. The predicted molar refractivity (Wildman–Crippen MR) is 75.7 cm³/mol. The van der Waals surface area contributed by atoms with Crippen molar-refractivity contribution in [3.8, 4) is 5.75 Å². The smallest absolute Gasteiger partial charge is 0.254 e. The second-order valence-electron chi connectivity index (χ2n) is 5.11. The number of benzene rings is 1. The van der Waals surface area contributed by atoms with Crippen LogP contribution in [0.5, 0.6) is 5.75 Å². The van der Waals surface area contributed by atoms with Gasteiger partial charge >= 0.3 is 0 Å². The van der Waals surface area contributed by atoms with Crippen LogP contribution in [0.2, 0.25) is 0 Å². The van der Waals surface area contributed by atoms with Crippen molar-refractivity contribution in [1.82, 2.24) is 10.2 Å². The van der Waals surface area contributed by atoms with Crippen LogP contribution in [0.3, 0.4) is 0 Å². The van der Waals surface area contributed by atoms with Crippen molar-refractivity contribution >= 4 is 18.2 Å². The van der Waals surface area contributed by atoms with E-state index in [1.165, 1.54) is 19.2 Å². The van der Waals surface area contributed by atoms with Crippen molar-refractivity contribution in [2.45, 2.75) is 32.4 Å². The van der Waals surface area contributed by atoms with Gasteiger partial charge in [0.25, 0.3) is 5.91 Å². The molecule has 1 unspecified atom stereocenters. The number of amides is 3. The summed E-state index contributed by atoms with van der Waals surface area (Å²) < 4.78 is 18.7. The Kier molecular flexibility index (Phi) is 4.75. The SMILES string of the molecule is COc1c(F)ccc2c1CN(C(C)CCC(=O)NC=O)C2=O. The van der Waals surface area contributed by atoms with Crippen molar-refractivity contribution in [3.63, 3.8) is 0 Å². The van der Waals surface area contributed by atoms with Crippen LogP contribution in [0, 0.1) is 5.82 Å². The van der Waals surface area contributed by atoms with Gasteiger partial charge in [-0.25, -0.2) is 4.39 Å². The molecule has 118 valence electrons. The lowest BCUT2D eigenvalue weighted by Gasteiger charge is -2.24. The summed E-state index contributed by atoms with van der Waals surface area (Å²) in [5.74, 6) is -1.03. The van der Waals surface area contributed by atoms with Crippen LogP contribution in [0.4, 0.5) is 4.39 Å². The van der Waals surface area contributed by atoms with Crippen LogP contribution in [0.15, 0.2) is 12.1 Å². The average molecular weight is 308 g/mol. The molecule has 1 atom stereocenters. The zero-order valence-electron chi connectivity index (χ0n) is 12.4. The molecule has 2 rings (SSSR count). The lowest BCUT2D eigenvalue weighted by atomic mass is 10.1. The van der Waals surface area contributed by atoms with Gasteiger partial charge in [-0.2, -0.15) is 0 Å². The third kappa shape index (κ3) is 2.93. The molecule has 1 aliphatic rings. The largest absolute Gasteiger partial charge is 0.493 e. The first-order valence-electron chi connectivity index (χ1n) is 6.89. The molecule has 3 amide bonds. The third-order valence-electron chi connectivity index (χ3n) is 3.78. The normalized spacial score (nSPS) is 14.5. The molecule has 6 nitrogen and oxygen atoms in total. The van der Waals surface area contributed by atoms with Crippen LogP contribution >= 0.6 is 0 Å². The first kappa shape index (κ1) is 15.9. The van der Waals surface area contributed by atoms with E-state index in [0.29, 0.717) is 24.0 Å². The number of carbonyl (C=O) groups excluding carboxylic acids is 3. The number of fused-ring (bicyclic) bond motifs is 1. The van der Waals surface area contributed by atoms with Gasteiger partial charge in [0.15, 0.2) is 11.6 Å². The lowest BCUT2D eigenvalue weighted by molar-refractivity contribution is -0.125. The Morgan fingerprint density at radius 2 is 2.27 bits per heavy atom. The summed E-state index contributed by atoms with van der Waals surface area (Å²) in [6.45, 7) is 2.05. The number of nitrogens with one attached hydrogen (secondary N) is 1. The predicted octanol–water partition coefficient (Wildman–Crippen LogP) is 1.23. The highest BCUT2D eigenvalue weighted by Crippen LogP contribution is 2.34. The van der Waals surface area contributed by atoms with Gasteiger partial charge < -0.3 is 9.64 Å². The van der Waals surface area contributed by atoms with Crippen molar-refractivity contribution in [2.75, 3.05) is 7.11 Å². The van der Waals surface area contributed by atoms with Crippen molar-refractivity contribution in [2.24, 2.45) is 0 Å². The van der Waals surface area contributed by atoms with E-state index in [-0.39, 0.29) is 30.7 Å². The Bertz CT molecular complexity index is 618. The highest BCUT2D eigenvalue weighted by molar-refractivity contribution is 5.99. The second kappa shape index (κ2) is 6.55. The van der Waals surface area contributed by atoms with Crippen LogP contribution in [0.25, 0.3) is 0 Å². The molecular formula is C15H17FN2O4. The molecule has 1 aromatic carbocycles. The Labute approximate surface area is 127 Å². The molecular weight excluding hydrogens is 291 g/mol. The fraction of sp³-hybridized carbons (Fsp3) is 0.400. The van der Waals surface area contributed by atoms with E-state index in [1.54, 1.807) is 11.8 Å². The van der Waals surface area contributed by atoms with Gasteiger partial charge in [0, 0.05) is 23.6 Å². The fourth-order valence-corrected chi connectivity index (χ4v) is 2.56. The zero-order chi connectivity index (χ0) is 16.3.